The van der Waals surface area contributed by atoms with Crippen LogP contribution in [-0.2, 0) is 4.74 Å². The van der Waals surface area contributed by atoms with E-state index in [1.54, 1.807) is 39.1 Å². The van der Waals surface area contributed by atoms with Gasteiger partial charge in [-0.1, -0.05) is 11.6 Å². The molecule has 2 aromatic rings. The van der Waals surface area contributed by atoms with Crippen LogP contribution < -0.4 is 4.74 Å². The van der Waals surface area contributed by atoms with Crippen molar-refractivity contribution < 1.29 is 23.0 Å². The molecule has 0 aromatic carbocycles. The summed E-state index contributed by atoms with van der Waals surface area (Å²) in [5, 5.41) is 4.16. The van der Waals surface area contributed by atoms with Crippen molar-refractivity contribution in [2.24, 2.45) is 5.41 Å². The van der Waals surface area contributed by atoms with E-state index in [0.717, 1.165) is 22.6 Å². The SMILES string of the molecule is CC(C)(C)OC(=O)c1ccc(-n2ccc(OCC3(C(F)(F)I)CC3)n2)nc1Cl. The molecule has 1 saturated carbocycles. The molecule has 1 fully saturated rings. The number of esters is 1. The summed E-state index contributed by atoms with van der Waals surface area (Å²) in [6.45, 7) is 5.16. The van der Waals surface area contributed by atoms with Crippen molar-refractivity contribution in [1.29, 1.82) is 0 Å². The summed E-state index contributed by atoms with van der Waals surface area (Å²) < 4.78 is 36.5. The summed E-state index contributed by atoms with van der Waals surface area (Å²) in [6, 6.07) is 4.61. The van der Waals surface area contributed by atoms with E-state index in [1.165, 1.54) is 10.7 Å². The first kappa shape index (κ1) is 21.2. The third-order valence-electron chi connectivity index (χ3n) is 4.20. The minimum absolute atomic E-state index is 0.0220. The molecule has 2 aromatic heterocycles. The smallest absolute Gasteiger partial charge is 0.341 e. The van der Waals surface area contributed by atoms with Gasteiger partial charge in [-0.05, 0) is 68.3 Å². The normalized spacial score (nSPS) is 16.0. The second-order valence-corrected chi connectivity index (χ2v) is 9.39. The lowest BCUT2D eigenvalue weighted by molar-refractivity contribution is 0.00685. The number of nitrogens with zero attached hydrogens (tertiary/aromatic N) is 3. The molecular formula is C18H19ClF2IN3O3. The fraction of sp³-hybridized carbons (Fsp3) is 0.500. The summed E-state index contributed by atoms with van der Waals surface area (Å²) in [7, 11) is 0. The Labute approximate surface area is 179 Å². The van der Waals surface area contributed by atoms with Gasteiger partial charge in [0.15, 0.2) is 5.82 Å². The number of pyridine rings is 1. The fourth-order valence-electron chi connectivity index (χ4n) is 2.42. The lowest BCUT2D eigenvalue weighted by atomic mass is 10.1. The Balaban J connectivity index is 1.70. The number of ether oxygens (including phenoxy) is 2. The molecule has 0 saturated heterocycles. The third-order valence-corrected chi connectivity index (χ3v) is 5.64. The topological polar surface area (TPSA) is 66.2 Å². The molecule has 10 heteroatoms. The van der Waals surface area contributed by atoms with E-state index in [1.807, 2.05) is 0 Å². The summed E-state index contributed by atoms with van der Waals surface area (Å²) in [5.74, 6) is -0.0101. The van der Waals surface area contributed by atoms with Crippen molar-refractivity contribution in [1.82, 2.24) is 14.8 Å². The van der Waals surface area contributed by atoms with Gasteiger partial charge in [-0.25, -0.2) is 14.5 Å². The maximum Gasteiger partial charge on any atom is 0.341 e. The first-order chi connectivity index (χ1) is 12.9. The van der Waals surface area contributed by atoms with Crippen LogP contribution in [-0.4, -0.2) is 36.9 Å². The first-order valence-electron chi connectivity index (χ1n) is 8.56. The molecule has 0 N–H and O–H groups in total. The Morgan fingerprint density at radius 2 is 2.00 bits per heavy atom. The van der Waals surface area contributed by atoms with Crippen LogP contribution in [0.2, 0.25) is 5.15 Å². The number of halogens is 4. The van der Waals surface area contributed by atoms with Gasteiger partial charge < -0.3 is 9.47 Å². The molecule has 28 heavy (non-hydrogen) atoms. The molecule has 0 radical (unpaired) electrons. The molecule has 3 rings (SSSR count). The van der Waals surface area contributed by atoms with Crippen LogP contribution in [0.4, 0.5) is 8.78 Å². The zero-order valence-corrected chi connectivity index (χ0v) is 18.4. The summed E-state index contributed by atoms with van der Waals surface area (Å²) in [5.41, 5.74) is -1.63. The van der Waals surface area contributed by atoms with Gasteiger partial charge in [0.05, 0.1) is 11.0 Å². The van der Waals surface area contributed by atoms with Crippen LogP contribution in [0.25, 0.3) is 5.82 Å². The molecular weight excluding hydrogens is 507 g/mol. The van der Waals surface area contributed by atoms with E-state index >= 15 is 0 Å². The number of alkyl halides is 3. The summed E-state index contributed by atoms with van der Waals surface area (Å²) in [4.78, 5) is 16.3. The van der Waals surface area contributed by atoms with Gasteiger partial charge in [-0.3, -0.25) is 0 Å². The van der Waals surface area contributed by atoms with E-state index in [9.17, 15) is 13.6 Å². The summed E-state index contributed by atoms with van der Waals surface area (Å²) in [6.07, 6.45) is 2.42. The maximum absolute atomic E-state index is 13.6. The van der Waals surface area contributed by atoms with E-state index in [0.29, 0.717) is 18.7 Å². The largest absolute Gasteiger partial charge is 0.476 e. The van der Waals surface area contributed by atoms with Crippen LogP contribution in [0.1, 0.15) is 44.0 Å². The Kier molecular flexibility index (Phi) is 5.61. The number of hydrogen-bond donors (Lipinski definition) is 0. The number of rotatable bonds is 6. The molecule has 0 bridgehead atoms. The number of carbonyl (C=O) groups is 1. The van der Waals surface area contributed by atoms with Crippen LogP contribution in [0.5, 0.6) is 5.88 Å². The highest BCUT2D eigenvalue weighted by molar-refractivity contribution is 14.1. The molecule has 152 valence electrons. The maximum atomic E-state index is 13.6. The van der Waals surface area contributed by atoms with Gasteiger partial charge in [0.25, 0.3) is 0 Å². The van der Waals surface area contributed by atoms with Crippen LogP contribution >= 0.6 is 34.2 Å². The van der Waals surface area contributed by atoms with Crippen molar-refractivity contribution in [3.63, 3.8) is 0 Å². The second-order valence-electron chi connectivity index (χ2n) is 7.68. The molecule has 1 aliphatic carbocycles. The molecule has 6 nitrogen and oxygen atoms in total. The van der Waals surface area contributed by atoms with Crippen molar-refractivity contribution >= 4 is 40.2 Å². The van der Waals surface area contributed by atoms with Gasteiger partial charge in [-0.15, -0.1) is 5.10 Å². The van der Waals surface area contributed by atoms with Gasteiger partial charge >= 0.3 is 9.90 Å². The Morgan fingerprint density at radius 1 is 1.32 bits per heavy atom. The zero-order valence-electron chi connectivity index (χ0n) is 15.5. The van der Waals surface area contributed by atoms with E-state index < -0.39 is 20.9 Å². The van der Waals surface area contributed by atoms with Crippen molar-refractivity contribution in [3.8, 4) is 11.7 Å². The van der Waals surface area contributed by atoms with Crippen LogP contribution in [0.15, 0.2) is 24.4 Å². The zero-order chi connectivity index (χ0) is 20.7. The van der Waals surface area contributed by atoms with Crippen LogP contribution in [0.3, 0.4) is 0 Å². The fourth-order valence-corrected chi connectivity index (χ4v) is 3.34. The average molecular weight is 526 g/mol. The standard InChI is InChI=1S/C18H19ClF2IN3O3/c1-16(2,3)28-15(26)11-4-5-12(23-14(11)19)25-9-6-13(24-25)27-10-17(7-8-17)18(20,21)22/h4-6,9H,7-8,10H2,1-3H3. The lowest BCUT2D eigenvalue weighted by Gasteiger charge is -2.20. The Morgan fingerprint density at radius 3 is 2.54 bits per heavy atom. The molecule has 0 amide bonds. The minimum Gasteiger partial charge on any atom is -0.476 e. The monoisotopic (exact) mass is 525 g/mol. The molecule has 0 unspecified atom stereocenters. The van der Waals surface area contributed by atoms with Gasteiger partial charge in [0.1, 0.15) is 17.4 Å². The molecule has 0 atom stereocenters. The molecule has 0 aliphatic heterocycles. The third kappa shape index (κ3) is 4.73. The lowest BCUT2D eigenvalue weighted by Crippen LogP contribution is -2.29. The highest BCUT2D eigenvalue weighted by Gasteiger charge is 2.61. The molecule has 0 spiro atoms. The number of hydrogen-bond acceptors (Lipinski definition) is 5. The van der Waals surface area contributed by atoms with Crippen molar-refractivity contribution in [2.75, 3.05) is 6.61 Å². The number of carbonyl (C=O) groups excluding carboxylic acids is 1. The molecule has 1 aliphatic rings. The minimum atomic E-state index is -2.82. The van der Waals surface area contributed by atoms with Gasteiger partial charge in [0, 0.05) is 12.3 Å². The van der Waals surface area contributed by atoms with Gasteiger partial charge in [0.2, 0.25) is 5.88 Å². The predicted octanol–water partition coefficient (Wildman–Crippen LogP) is 5.06. The highest BCUT2D eigenvalue weighted by atomic mass is 127. The van der Waals surface area contributed by atoms with E-state index in [2.05, 4.69) is 10.1 Å². The Bertz CT molecular complexity index is 889. The van der Waals surface area contributed by atoms with E-state index in [4.69, 9.17) is 21.1 Å². The predicted molar refractivity (Wildman–Crippen MR) is 108 cm³/mol. The quantitative estimate of drug-likeness (QED) is 0.228. The number of aromatic nitrogens is 3. The Hall–Kier alpha value is -1.49. The van der Waals surface area contributed by atoms with Crippen LogP contribution in [0, 0.1) is 5.41 Å². The average Bonchev–Trinajstić information content (AvgIpc) is 3.22. The van der Waals surface area contributed by atoms with Crippen molar-refractivity contribution in [2.45, 2.75) is 43.1 Å². The summed E-state index contributed by atoms with van der Waals surface area (Å²) >= 11 is 7.28. The first-order valence-corrected chi connectivity index (χ1v) is 10.0. The van der Waals surface area contributed by atoms with E-state index in [-0.39, 0.29) is 23.2 Å². The van der Waals surface area contributed by atoms with Gasteiger partial charge in [-0.2, -0.15) is 8.78 Å². The highest BCUT2D eigenvalue weighted by Crippen LogP contribution is 2.59. The second kappa shape index (κ2) is 7.40. The molecule has 2 heterocycles. The van der Waals surface area contributed by atoms with Crippen molar-refractivity contribution in [3.05, 3.63) is 35.1 Å².